The van der Waals surface area contributed by atoms with E-state index in [0.29, 0.717) is 10.4 Å². The lowest BCUT2D eigenvalue weighted by Gasteiger charge is -2.39. The van der Waals surface area contributed by atoms with Crippen LogP contribution >= 0.6 is 23.2 Å². The summed E-state index contributed by atoms with van der Waals surface area (Å²) in [7, 11) is 0. The molecule has 0 radical (unpaired) electrons. The molecule has 4 heteroatoms. The standard InChI is InChI=1S/C15H18Cl2N2/c1-10(16)14-18-13-11(17)5-3-6-12(13)19(14)9-15(2)7-4-8-15/h3,5-6,10H,4,7-9H2,1-2H3. The summed E-state index contributed by atoms with van der Waals surface area (Å²) < 4.78 is 2.26. The fourth-order valence-electron chi connectivity index (χ4n) is 2.92. The molecule has 102 valence electrons. The summed E-state index contributed by atoms with van der Waals surface area (Å²) in [6.45, 7) is 5.29. The molecule has 1 aromatic carbocycles. The van der Waals surface area contributed by atoms with Gasteiger partial charge in [-0.1, -0.05) is 31.0 Å². The first kappa shape index (κ1) is 13.3. The van der Waals surface area contributed by atoms with Crippen LogP contribution in [0.4, 0.5) is 0 Å². The monoisotopic (exact) mass is 296 g/mol. The number of benzene rings is 1. The van der Waals surface area contributed by atoms with E-state index in [1.807, 2.05) is 19.1 Å². The van der Waals surface area contributed by atoms with Gasteiger partial charge in [0.05, 0.1) is 15.9 Å². The Balaban J connectivity index is 2.14. The Labute approximate surface area is 123 Å². The van der Waals surface area contributed by atoms with Crippen LogP contribution in [-0.2, 0) is 6.54 Å². The lowest BCUT2D eigenvalue weighted by Crippen LogP contribution is -2.31. The Hall–Kier alpha value is -0.730. The molecule has 0 aliphatic heterocycles. The summed E-state index contributed by atoms with van der Waals surface area (Å²) in [5.41, 5.74) is 2.36. The van der Waals surface area contributed by atoms with Gasteiger partial charge >= 0.3 is 0 Å². The van der Waals surface area contributed by atoms with Gasteiger partial charge in [0, 0.05) is 6.54 Å². The summed E-state index contributed by atoms with van der Waals surface area (Å²) in [4.78, 5) is 4.65. The van der Waals surface area contributed by atoms with Crippen molar-refractivity contribution in [2.45, 2.75) is 45.0 Å². The van der Waals surface area contributed by atoms with Gasteiger partial charge in [0.25, 0.3) is 0 Å². The van der Waals surface area contributed by atoms with Gasteiger partial charge in [-0.05, 0) is 37.3 Å². The number of rotatable bonds is 3. The summed E-state index contributed by atoms with van der Waals surface area (Å²) in [5, 5.41) is 0.598. The van der Waals surface area contributed by atoms with E-state index in [-0.39, 0.29) is 5.38 Å². The minimum atomic E-state index is -0.104. The molecular formula is C15H18Cl2N2. The molecule has 1 saturated carbocycles. The molecule has 1 aliphatic carbocycles. The Kier molecular flexibility index (Phi) is 3.26. The predicted molar refractivity (Wildman–Crippen MR) is 81.0 cm³/mol. The lowest BCUT2D eigenvalue weighted by molar-refractivity contribution is 0.132. The highest BCUT2D eigenvalue weighted by Gasteiger charge is 2.33. The summed E-state index contributed by atoms with van der Waals surface area (Å²) >= 11 is 12.5. The molecule has 1 heterocycles. The van der Waals surface area contributed by atoms with E-state index >= 15 is 0 Å². The van der Waals surface area contributed by atoms with Gasteiger partial charge < -0.3 is 4.57 Å². The third kappa shape index (κ3) is 2.25. The molecule has 0 bridgehead atoms. The quantitative estimate of drug-likeness (QED) is 0.714. The topological polar surface area (TPSA) is 17.8 Å². The average molecular weight is 297 g/mol. The minimum absolute atomic E-state index is 0.104. The zero-order valence-corrected chi connectivity index (χ0v) is 12.8. The molecule has 2 nitrogen and oxygen atoms in total. The van der Waals surface area contributed by atoms with Crippen LogP contribution < -0.4 is 0 Å². The Morgan fingerprint density at radius 3 is 2.74 bits per heavy atom. The van der Waals surface area contributed by atoms with Crippen molar-refractivity contribution in [2.24, 2.45) is 5.41 Å². The number of fused-ring (bicyclic) bond motifs is 1. The highest BCUT2D eigenvalue weighted by Crippen LogP contribution is 2.43. The number of imidazole rings is 1. The number of hydrogen-bond acceptors (Lipinski definition) is 1. The van der Waals surface area contributed by atoms with E-state index in [1.165, 1.54) is 19.3 Å². The van der Waals surface area contributed by atoms with E-state index in [1.54, 1.807) is 0 Å². The van der Waals surface area contributed by atoms with Crippen molar-refractivity contribution in [3.05, 3.63) is 29.0 Å². The van der Waals surface area contributed by atoms with Crippen molar-refractivity contribution in [1.82, 2.24) is 9.55 Å². The Bertz CT molecular complexity index is 612. The normalized spacial score (nSPS) is 19.4. The van der Waals surface area contributed by atoms with Gasteiger partial charge in [-0.25, -0.2) is 4.98 Å². The fourth-order valence-corrected chi connectivity index (χ4v) is 3.30. The maximum absolute atomic E-state index is 6.30. The van der Waals surface area contributed by atoms with Gasteiger partial charge in [0.1, 0.15) is 11.3 Å². The zero-order valence-electron chi connectivity index (χ0n) is 11.3. The molecule has 1 fully saturated rings. The molecule has 2 aromatic rings. The van der Waals surface area contributed by atoms with Crippen molar-refractivity contribution in [3.8, 4) is 0 Å². The number of nitrogens with zero attached hydrogens (tertiary/aromatic N) is 2. The van der Waals surface area contributed by atoms with Crippen LogP contribution in [0.25, 0.3) is 11.0 Å². The van der Waals surface area contributed by atoms with Crippen molar-refractivity contribution < 1.29 is 0 Å². The van der Waals surface area contributed by atoms with E-state index in [9.17, 15) is 0 Å². The number of hydrogen-bond donors (Lipinski definition) is 0. The van der Waals surface area contributed by atoms with Crippen LogP contribution in [0.1, 0.15) is 44.3 Å². The van der Waals surface area contributed by atoms with Crippen molar-refractivity contribution >= 4 is 34.2 Å². The van der Waals surface area contributed by atoms with Crippen LogP contribution in [-0.4, -0.2) is 9.55 Å². The predicted octanol–water partition coefficient (Wildman–Crippen LogP) is 5.18. The van der Waals surface area contributed by atoms with Crippen LogP contribution in [0.15, 0.2) is 18.2 Å². The van der Waals surface area contributed by atoms with Crippen LogP contribution in [0, 0.1) is 5.41 Å². The lowest BCUT2D eigenvalue weighted by atomic mass is 9.70. The second-order valence-electron chi connectivity index (χ2n) is 5.94. The SMILES string of the molecule is CC(Cl)c1nc2c(Cl)cccc2n1CC1(C)CCC1. The molecule has 1 unspecified atom stereocenters. The summed E-state index contributed by atoms with van der Waals surface area (Å²) in [6.07, 6.45) is 3.89. The molecule has 1 aromatic heterocycles. The number of halogens is 2. The first-order valence-electron chi connectivity index (χ1n) is 6.79. The van der Waals surface area contributed by atoms with Gasteiger partial charge in [0.2, 0.25) is 0 Å². The molecule has 19 heavy (non-hydrogen) atoms. The Morgan fingerprint density at radius 2 is 2.16 bits per heavy atom. The minimum Gasteiger partial charge on any atom is -0.326 e. The summed E-state index contributed by atoms with van der Waals surface area (Å²) in [5.74, 6) is 0.929. The molecule has 1 aliphatic rings. The highest BCUT2D eigenvalue weighted by atomic mass is 35.5. The third-order valence-electron chi connectivity index (χ3n) is 4.22. The molecule has 0 N–H and O–H groups in total. The number of aromatic nitrogens is 2. The van der Waals surface area contributed by atoms with E-state index < -0.39 is 0 Å². The molecule has 0 amide bonds. The molecule has 3 rings (SSSR count). The van der Waals surface area contributed by atoms with Gasteiger partial charge in [0.15, 0.2) is 0 Å². The van der Waals surface area contributed by atoms with Crippen molar-refractivity contribution in [1.29, 1.82) is 0 Å². The smallest absolute Gasteiger partial charge is 0.127 e. The second-order valence-corrected chi connectivity index (χ2v) is 7.01. The van der Waals surface area contributed by atoms with E-state index in [0.717, 1.165) is 23.4 Å². The second kappa shape index (κ2) is 4.68. The molecule has 1 atom stereocenters. The van der Waals surface area contributed by atoms with Crippen molar-refractivity contribution in [3.63, 3.8) is 0 Å². The van der Waals surface area contributed by atoms with Crippen molar-refractivity contribution in [2.75, 3.05) is 0 Å². The highest BCUT2D eigenvalue weighted by molar-refractivity contribution is 6.35. The van der Waals surface area contributed by atoms with Crippen LogP contribution in [0.5, 0.6) is 0 Å². The first-order chi connectivity index (χ1) is 9.00. The molecule has 0 saturated heterocycles. The number of alkyl halides is 1. The summed E-state index contributed by atoms with van der Waals surface area (Å²) in [6, 6.07) is 5.95. The third-order valence-corrected chi connectivity index (χ3v) is 4.72. The molecule has 0 spiro atoms. The van der Waals surface area contributed by atoms with Gasteiger partial charge in [-0.2, -0.15) is 0 Å². The maximum Gasteiger partial charge on any atom is 0.127 e. The number of para-hydroxylation sites is 1. The zero-order chi connectivity index (χ0) is 13.6. The van der Waals surface area contributed by atoms with Crippen LogP contribution in [0.3, 0.4) is 0 Å². The Morgan fingerprint density at radius 1 is 1.42 bits per heavy atom. The van der Waals surface area contributed by atoms with E-state index in [2.05, 4.69) is 22.5 Å². The molecular weight excluding hydrogens is 279 g/mol. The van der Waals surface area contributed by atoms with Gasteiger partial charge in [-0.3, -0.25) is 0 Å². The van der Waals surface area contributed by atoms with Gasteiger partial charge in [-0.15, -0.1) is 11.6 Å². The first-order valence-corrected chi connectivity index (χ1v) is 7.60. The fraction of sp³-hybridized carbons (Fsp3) is 0.533. The maximum atomic E-state index is 6.30. The largest absolute Gasteiger partial charge is 0.326 e. The van der Waals surface area contributed by atoms with Crippen LogP contribution in [0.2, 0.25) is 5.02 Å². The average Bonchev–Trinajstić information content (AvgIpc) is 2.68. The van der Waals surface area contributed by atoms with E-state index in [4.69, 9.17) is 23.2 Å².